The minimum Gasteiger partial charge on any atom is -0.496 e. The number of nitrogens with zero attached hydrogens (tertiary/aromatic N) is 1. The zero-order valence-electron chi connectivity index (χ0n) is 11.1. The Bertz CT molecular complexity index is 532. The molecule has 0 saturated carbocycles. The smallest absolute Gasteiger partial charge is 0.308 e. The summed E-state index contributed by atoms with van der Waals surface area (Å²) < 4.78 is 5.16. The second-order valence-electron chi connectivity index (χ2n) is 4.75. The van der Waals surface area contributed by atoms with Crippen molar-refractivity contribution in [1.29, 1.82) is 0 Å². The van der Waals surface area contributed by atoms with E-state index in [0.717, 1.165) is 0 Å². The molecule has 0 aliphatic carbocycles. The van der Waals surface area contributed by atoms with Gasteiger partial charge in [0.2, 0.25) is 0 Å². The van der Waals surface area contributed by atoms with Gasteiger partial charge in [0.25, 0.3) is 5.91 Å². The summed E-state index contributed by atoms with van der Waals surface area (Å²) in [4.78, 5) is 25.1. The molecule has 1 saturated heterocycles. The van der Waals surface area contributed by atoms with Crippen molar-refractivity contribution in [3.8, 4) is 5.75 Å². The molecule has 5 nitrogen and oxygen atoms in total. The van der Waals surface area contributed by atoms with E-state index in [1.165, 1.54) is 12.0 Å². The van der Waals surface area contributed by atoms with Crippen LogP contribution in [0.5, 0.6) is 5.75 Å². The Balaban J connectivity index is 2.25. The molecule has 0 radical (unpaired) electrons. The maximum atomic E-state index is 12.5. The number of methoxy groups -OCH3 is 1. The third-order valence-corrected chi connectivity index (χ3v) is 3.78. The van der Waals surface area contributed by atoms with E-state index < -0.39 is 11.9 Å². The molecular weight excluding hydrogens is 282 g/mol. The Morgan fingerprint density at radius 1 is 1.45 bits per heavy atom. The summed E-state index contributed by atoms with van der Waals surface area (Å²) in [5.74, 6) is -1.26. The molecule has 108 valence electrons. The van der Waals surface area contributed by atoms with Gasteiger partial charge in [0.1, 0.15) is 11.3 Å². The predicted molar refractivity (Wildman–Crippen MR) is 74.3 cm³/mol. The Kier molecular flexibility index (Phi) is 4.49. The molecule has 1 aliphatic rings. The summed E-state index contributed by atoms with van der Waals surface area (Å²) in [5.41, 5.74) is 0.294. The van der Waals surface area contributed by atoms with E-state index in [0.29, 0.717) is 35.7 Å². The van der Waals surface area contributed by atoms with Crippen molar-refractivity contribution in [2.75, 3.05) is 20.2 Å². The largest absolute Gasteiger partial charge is 0.496 e. The van der Waals surface area contributed by atoms with Crippen LogP contribution in [-0.2, 0) is 4.79 Å². The molecule has 20 heavy (non-hydrogen) atoms. The molecule has 1 aromatic rings. The van der Waals surface area contributed by atoms with Gasteiger partial charge >= 0.3 is 5.97 Å². The first-order valence-electron chi connectivity index (χ1n) is 6.39. The van der Waals surface area contributed by atoms with Gasteiger partial charge in [-0.05, 0) is 25.0 Å². The van der Waals surface area contributed by atoms with Crippen molar-refractivity contribution in [3.05, 3.63) is 28.8 Å². The first-order chi connectivity index (χ1) is 9.54. The quantitative estimate of drug-likeness (QED) is 0.929. The normalized spacial score (nSPS) is 18.7. The lowest BCUT2D eigenvalue weighted by Gasteiger charge is -2.31. The van der Waals surface area contributed by atoms with Gasteiger partial charge in [0.15, 0.2) is 0 Å². The Labute approximate surface area is 122 Å². The molecule has 1 unspecified atom stereocenters. The fraction of sp³-hybridized carbons (Fsp3) is 0.429. The van der Waals surface area contributed by atoms with Crippen LogP contribution in [0.4, 0.5) is 0 Å². The lowest BCUT2D eigenvalue weighted by molar-refractivity contribution is -0.143. The summed E-state index contributed by atoms with van der Waals surface area (Å²) in [6.07, 6.45) is 1.27. The van der Waals surface area contributed by atoms with Crippen LogP contribution in [0.2, 0.25) is 5.02 Å². The number of hydrogen-bond acceptors (Lipinski definition) is 3. The van der Waals surface area contributed by atoms with Crippen molar-refractivity contribution in [1.82, 2.24) is 4.90 Å². The maximum absolute atomic E-state index is 12.5. The van der Waals surface area contributed by atoms with Crippen LogP contribution in [0.15, 0.2) is 18.2 Å². The van der Waals surface area contributed by atoms with E-state index in [9.17, 15) is 9.59 Å². The summed E-state index contributed by atoms with van der Waals surface area (Å²) in [7, 11) is 1.47. The zero-order valence-corrected chi connectivity index (χ0v) is 11.9. The standard InChI is InChI=1S/C14H16ClNO4/c1-20-11-6-2-5-10(15)12(11)13(17)16-7-3-4-9(8-16)14(18)19/h2,5-6,9H,3-4,7-8H2,1H3,(H,18,19). The Hall–Kier alpha value is -1.75. The van der Waals surface area contributed by atoms with Crippen molar-refractivity contribution in [3.63, 3.8) is 0 Å². The van der Waals surface area contributed by atoms with Crippen molar-refractivity contribution in [2.45, 2.75) is 12.8 Å². The first kappa shape index (κ1) is 14.7. The molecule has 6 heteroatoms. The number of carbonyl (C=O) groups is 2. The van der Waals surface area contributed by atoms with E-state index in [4.69, 9.17) is 21.4 Å². The van der Waals surface area contributed by atoms with Crippen LogP contribution in [0.3, 0.4) is 0 Å². The van der Waals surface area contributed by atoms with Crippen molar-refractivity contribution in [2.24, 2.45) is 5.92 Å². The third-order valence-electron chi connectivity index (χ3n) is 3.47. The third kappa shape index (κ3) is 2.88. The topological polar surface area (TPSA) is 66.8 Å². The number of likely N-dealkylation sites (tertiary alicyclic amines) is 1. The van der Waals surface area contributed by atoms with Crippen LogP contribution in [0, 0.1) is 5.92 Å². The van der Waals surface area contributed by atoms with E-state index >= 15 is 0 Å². The molecule has 2 rings (SSSR count). The highest BCUT2D eigenvalue weighted by atomic mass is 35.5. The average Bonchev–Trinajstić information content (AvgIpc) is 2.46. The van der Waals surface area contributed by atoms with E-state index in [1.54, 1.807) is 18.2 Å². The number of ether oxygens (including phenoxy) is 1. The van der Waals surface area contributed by atoms with Crippen molar-refractivity contribution >= 4 is 23.5 Å². The number of carbonyl (C=O) groups excluding carboxylic acids is 1. The van der Waals surface area contributed by atoms with Crippen LogP contribution in [0.25, 0.3) is 0 Å². The average molecular weight is 298 g/mol. The van der Waals surface area contributed by atoms with Crippen molar-refractivity contribution < 1.29 is 19.4 Å². The lowest BCUT2D eigenvalue weighted by Crippen LogP contribution is -2.42. The van der Waals surface area contributed by atoms with Gasteiger partial charge in [0.05, 0.1) is 18.1 Å². The number of halogens is 1. The molecule has 1 N–H and O–H groups in total. The summed E-state index contributed by atoms with van der Waals surface area (Å²) in [6, 6.07) is 4.99. The monoisotopic (exact) mass is 297 g/mol. The SMILES string of the molecule is COc1cccc(Cl)c1C(=O)N1CCCC(C(=O)O)C1. The number of aliphatic carboxylic acids is 1. The minimum atomic E-state index is -0.867. The molecule has 1 aliphatic heterocycles. The second-order valence-corrected chi connectivity index (χ2v) is 5.15. The molecule has 0 aromatic heterocycles. The Morgan fingerprint density at radius 2 is 2.20 bits per heavy atom. The van der Waals surface area contributed by atoms with Gasteiger partial charge in [-0.2, -0.15) is 0 Å². The molecule has 1 amide bonds. The molecule has 0 bridgehead atoms. The number of rotatable bonds is 3. The predicted octanol–water partition coefficient (Wildman–Crippen LogP) is 2.29. The van der Waals surface area contributed by atoms with Gasteiger partial charge in [-0.3, -0.25) is 9.59 Å². The molecule has 1 fully saturated rings. The molecular formula is C14H16ClNO4. The van der Waals surface area contributed by atoms with Gasteiger partial charge < -0.3 is 14.7 Å². The highest BCUT2D eigenvalue weighted by Crippen LogP contribution is 2.29. The highest BCUT2D eigenvalue weighted by Gasteiger charge is 2.30. The van der Waals surface area contributed by atoms with Crippen LogP contribution in [0.1, 0.15) is 23.2 Å². The van der Waals surface area contributed by atoms with E-state index in [1.807, 2.05) is 0 Å². The molecule has 1 heterocycles. The highest BCUT2D eigenvalue weighted by molar-refractivity contribution is 6.34. The Morgan fingerprint density at radius 3 is 2.85 bits per heavy atom. The minimum absolute atomic E-state index is 0.211. The number of piperidine rings is 1. The summed E-state index contributed by atoms with van der Waals surface area (Å²) in [5, 5.41) is 9.39. The fourth-order valence-corrected chi connectivity index (χ4v) is 2.65. The van der Waals surface area contributed by atoms with Gasteiger partial charge in [-0.1, -0.05) is 17.7 Å². The lowest BCUT2D eigenvalue weighted by atomic mass is 9.97. The second kappa shape index (κ2) is 6.13. The molecule has 1 atom stereocenters. The zero-order chi connectivity index (χ0) is 14.7. The van der Waals surface area contributed by atoms with Gasteiger partial charge in [-0.25, -0.2) is 0 Å². The molecule has 0 spiro atoms. The van der Waals surface area contributed by atoms with E-state index in [-0.39, 0.29) is 12.5 Å². The summed E-state index contributed by atoms with van der Waals surface area (Å²) >= 11 is 6.08. The fourth-order valence-electron chi connectivity index (χ4n) is 2.40. The number of benzene rings is 1. The number of amides is 1. The molecule has 1 aromatic carbocycles. The van der Waals surface area contributed by atoms with Gasteiger partial charge in [-0.15, -0.1) is 0 Å². The maximum Gasteiger partial charge on any atom is 0.308 e. The van der Waals surface area contributed by atoms with E-state index in [2.05, 4.69) is 0 Å². The number of hydrogen-bond donors (Lipinski definition) is 1. The number of carboxylic acid groups (broad SMARTS) is 1. The van der Waals surface area contributed by atoms with Crippen LogP contribution < -0.4 is 4.74 Å². The first-order valence-corrected chi connectivity index (χ1v) is 6.77. The van der Waals surface area contributed by atoms with Gasteiger partial charge in [0, 0.05) is 13.1 Å². The van der Waals surface area contributed by atoms with Crippen LogP contribution in [-0.4, -0.2) is 42.1 Å². The number of carboxylic acids is 1. The van der Waals surface area contributed by atoms with Crippen LogP contribution >= 0.6 is 11.6 Å². The summed E-state index contributed by atoms with van der Waals surface area (Å²) in [6.45, 7) is 0.750.